The molecule has 3 rings (SSSR count). The maximum absolute atomic E-state index is 13.2. The third-order valence-corrected chi connectivity index (χ3v) is 6.84. The Morgan fingerprint density at radius 2 is 1.53 bits per heavy atom. The summed E-state index contributed by atoms with van der Waals surface area (Å²) >= 11 is 17.7. The molecule has 0 unspecified atom stereocenters. The number of hydrazone groups is 1. The van der Waals surface area contributed by atoms with Crippen molar-refractivity contribution < 1.29 is 13.2 Å². The lowest BCUT2D eigenvalue weighted by Crippen LogP contribution is -2.39. The Kier molecular flexibility index (Phi) is 8.28. The van der Waals surface area contributed by atoms with Crippen molar-refractivity contribution in [3.05, 3.63) is 99.0 Å². The van der Waals surface area contributed by atoms with Gasteiger partial charge in [-0.15, -0.1) is 0 Å². The van der Waals surface area contributed by atoms with Gasteiger partial charge in [-0.2, -0.15) is 9.41 Å². The van der Waals surface area contributed by atoms with Gasteiger partial charge in [-0.25, -0.2) is 13.8 Å². The van der Waals surface area contributed by atoms with Crippen molar-refractivity contribution in [2.45, 2.75) is 11.4 Å². The van der Waals surface area contributed by atoms with Crippen LogP contribution in [0.4, 0.5) is 0 Å². The summed E-state index contributed by atoms with van der Waals surface area (Å²) in [5.74, 6) is -0.602. The molecule has 1 amide bonds. The second-order valence-corrected chi connectivity index (χ2v) is 9.95. The molecule has 6 nitrogen and oxygen atoms in total. The van der Waals surface area contributed by atoms with Gasteiger partial charge < -0.3 is 0 Å². The molecule has 0 aliphatic rings. The third-order valence-electron chi connectivity index (χ3n) is 4.30. The number of amides is 1. The monoisotopic (exact) mass is 509 g/mol. The van der Waals surface area contributed by atoms with Crippen LogP contribution in [0.25, 0.3) is 0 Å². The van der Waals surface area contributed by atoms with Crippen molar-refractivity contribution >= 4 is 56.9 Å². The Morgan fingerprint density at radius 3 is 2.16 bits per heavy atom. The maximum Gasteiger partial charge on any atom is 0.255 e. The highest BCUT2D eigenvalue weighted by molar-refractivity contribution is 7.89. The Morgan fingerprint density at radius 1 is 0.906 bits per heavy atom. The van der Waals surface area contributed by atoms with E-state index >= 15 is 0 Å². The van der Waals surface area contributed by atoms with Crippen LogP contribution in [0.5, 0.6) is 0 Å². The number of nitrogens with one attached hydrogen (secondary N) is 1. The molecule has 1 N–H and O–H groups in total. The van der Waals surface area contributed by atoms with Gasteiger partial charge in [0.1, 0.15) is 0 Å². The molecule has 166 valence electrons. The van der Waals surface area contributed by atoms with E-state index in [2.05, 4.69) is 10.5 Å². The fraction of sp³-hybridized carbons (Fsp3) is 0.0909. The SMILES string of the molecule is O=C(CN(Cc1ccc(Cl)cc1)S(=O)(=O)c1ccc(Cl)cc1)N/N=C\c1cccc(Cl)c1. The maximum atomic E-state index is 13.2. The average molecular weight is 511 g/mol. The van der Waals surface area contributed by atoms with Crippen molar-refractivity contribution in [2.24, 2.45) is 5.10 Å². The lowest BCUT2D eigenvalue weighted by Gasteiger charge is -2.21. The summed E-state index contributed by atoms with van der Waals surface area (Å²) in [6.45, 7) is -0.478. The van der Waals surface area contributed by atoms with Crippen LogP contribution < -0.4 is 5.43 Å². The fourth-order valence-corrected chi connectivity index (χ4v) is 4.57. The zero-order valence-electron chi connectivity index (χ0n) is 16.6. The molecule has 0 spiro atoms. The normalized spacial score (nSPS) is 11.8. The molecule has 10 heteroatoms. The minimum atomic E-state index is -3.99. The van der Waals surface area contributed by atoms with E-state index in [0.717, 1.165) is 4.31 Å². The smallest absolute Gasteiger partial charge is 0.255 e. The van der Waals surface area contributed by atoms with Crippen LogP contribution in [0.2, 0.25) is 15.1 Å². The van der Waals surface area contributed by atoms with Crippen molar-refractivity contribution in [2.75, 3.05) is 6.54 Å². The summed E-state index contributed by atoms with van der Waals surface area (Å²) in [6, 6.07) is 19.3. The molecule has 32 heavy (non-hydrogen) atoms. The first-order valence-electron chi connectivity index (χ1n) is 9.32. The molecule has 0 saturated heterocycles. The molecule has 0 heterocycles. The number of hydrogen-bond donors (Lipinski definition) is 1. The standard InChI is InChI=1S/C22H18Cl3N3O3S/c23-18-6-4-16(5-7-18)14-28(32(30,31)21-10-8-19(24)9-11-21)15-22(29)27-26-13-17-2-1-3-20(25)12-17/h1-13H,14-15H2,(H,27,29)/b26-13-. The van der Waals surface area contributed by atoms with Crippen LogP contribution in [0.15, 0.2) is 82.8 Å². The van der Waals surface area contributed by atoms with Gasteiger partial charge in [0.15, 0.2) is 0 Å². The molecule has 3 aromatic carbocycles. The van der Waals surface area contributed by atoms with E-state index in [9.17, 15) is 13.2 Å². The van der Waals surface area contributed by atoms with Gasteiger partial charge in [0.2, 0.25) is 10.0 Å². The molecule has 0 fully saturated rings. The summed E-state index contributed by atoms with van der Waals surface area (Å²) < 4.78 is 27.5. The van der Waals surface area contributed by atoms with Crippen LogP contribution in [0.1, 0.15) is 11.1 Å². The minimum absolute atomic E-state index is 0.0195. The number of halogens is 3. The van der Waals surface area contributed by atoms with Gasteiger partial charge in [-0.05, 0) is 59.7 Å². The Balaban J connectivity index is 1.79. The first-order valence-corrected chi connectivity index (χ1v) is 11.9. The highest BCUT2D eigenvalue weighted by atomic mass is 35.5. The quantitative estimate of drug-likeness (QED) is 0.343. The zero-order chi connectivity index (χ0) is 23.1. The number of carbonyl (C=O) groups is 1. The fourth-order valence-electron chi connectivity index (χ4n) is 2.74. The number of carbonyl (C=O) groups excluding carboxylic acids is 1. The molecule has 0 atom stereocenters. The van der Waals surface area contributed by atoms with Crippen LogP contribution in [0.3, 0.4) is 0 Å². The van der Waals surface area contributed by atoms with Gasteiger partial charge in [-0.1, -0.05) is 59.1 Å². The highest BCUT2D eigenvalue weighted by Crippen LogP contribution is 2.21. The third kappa shape index (κ3) is 6.79. The predicted octanol–water partition coefficient (Wildman–Crippen LogP) is 4.99. The van der Waals surface area contributed by atoms with Crippen LogP contribution in [-0.2, 0) is 21.4 Å². The Hall–Kier alpha value is -2.42. The highest BCUT2D eigenvalue weighted by Gasteiger charge is 2.27. The molecule has 0 bridgehead atoms. The number of hydrogen-bond acceptors (Lipinski definition) is 4. The molecule has 0 aromatic heterocycles. The van der Waals surface area contributed by atoms with Gasteiger partial charge in [0.25, 0.3) is 5.91 Å². The summed E-state index contributed by atoms with van der Waals surface area (Å²) in [4.78, 5) is 12.5. The Labute approximate surface area is 201 Å². The molecule has 3 aromatic rings. The molecular formula is C22H18Cl3N3O3S. The molecular weight excluding hydrogens is 493 g/mol. The van der Waals surface area contributed by atoms with Crippen molar-refractivity contribution in [3.8, 4) is 0 Å². The van der Waals surface area contributed by atoms with Gasteiger partial charge >= 0.3 is 0 Å². The summed E-state index contributed by atoms with van der Waals surface area (Å²) in [5, 5.41) is 5.34. The number of rotatable bonds is 8. The van der Waals surface area contributed by atoms with E-state index in [1.807, 2.05) is 0 Å². The van der Waals surface area contributed by atoms with E-state index in [1.165, 1.54) is 30.5 Å². The Bertz CT molecular complexity index is 1220. The molecule has 0 aliphatic heterocycles. The second-order valence-electron chi connectivity index (χ2n) is 6.70. The summed E-state index contributed by atoms with van der Waals surface area (Å²) in [5.41, 5.74) is 3.70. The van der Waals surface area contributed by atoms with Crippen LogP contribution in [-0.4, -0.2) is 31.4 Å². The van der Waals surface area contributed by atoms with Crippen molar-refractivity contribution in [1.82, 2.24) is 9.73 Å². The van der Waals surface area contributed by atoms with Crippen molar-refractivity contribution in [1.29, 1.82) is 0 Å². The van der Waals surface area contributed by atoms with E-state index in [0.29, 0.717) is 26.2 Å². The number of sulfonamides is 1. The minimum Gasteiger partial charge on any atom is -0.272 e. The molecule has 0 radical (unpaired) electrons. The number of benzene rings is 3. The van der Waals surface area contributed by atoms with Gasteiger partial charge in [0.05, 0.1) is 17.7 Å². The van der Waals surface area contributed by atoms with Gasteiger partial charge in [0, 0.05) is 21.6 Å². The average Bonchev–Trinajstić information content (AvgIpc) is 2.75. The molecule has 0 aliphatic carbocycles. The molecule has 0 saturated carbocycles. The topological polar surface area (TPSA) is 78.8 Å². The van der Waals surface area contributed by atoms with Crippen molar-refractivity contribution in [3.63, 3.8) is 0 Å². The van der Waals surface area contributed by atoms with Crippen LogP contribution in [0, 0.1) is 0 Å². The predicted molar refractivity (Wildman–Crippen MR) is 128 cm³/mol. The first kappa shape index (κ1) is 24.2. The van der Waals surface area contributed by atoms with E-state index in [-0.39, 0.29) is 11.4 Å². The zero-order valence-corrected chi connectivity index (χ0v) is 19.7. The van der Waals surface area contributed by atoms with Crippen LogP contribution >= 0.6 is 34.8 Å². The summed E-state index contributed by atoms with van der Waals surface area (Å²) in [7, 11) is -3.99. The van der Waals surface area contributed by atoms with Gasteiger partial charge in [-0.3, -0.25) is 4.79 Å². The number of nitrogens with zero attached hydrogens (tertiary/aromatic N) is 2. The van der Waals surface area contributed by atoms with E-state index in [1.54, 1.807) is 48.5 Å². The lowest BCUT2D eigenvalue weighted by atomic mass is 10.2. The summed E-state index contributed by atoms with van der Waals surface area (Å²) in [6.07, 6.45) is 1.42. The second kappa shape index (κ2) is 10.9. The largest absolute Gasteiger partial charge is 0.272 e. The van der Waals surface area contributed by atoms with E-state index in [4.69, 9.17) is 34.8 Å². The lowest BCUT2D eigenvalue weighted by molar-refractivity contribution is -0.121. The first-order chi connectivity index (χ1) is 15.2. The van der Waals surface area contributed by atoms with E-state index < -0.39 is 22.5 Å².